The normalized spacial score (nSPS) is 29.5. The molecule has 0 N–H and O–H groups in total. The lowest BCUT2D eigenvalue weighted by Gasteiger charge is -2.34. The first-order valence-corrected chi connectivity index (χ1v) is 7.75. The van der Waals surface area contributed by atoms with Crippen LogP contribution < -0.4 is 0 Å². The molecule has 0 aromatic rings. The van der Waals surface area contributed by atoms with Crippen molar-refractivity contribution >= 4 is 10.0 Å². The molecule has 0 aromatic carbocycles. The van der Waals surface area contributed by atoms with E-state index < -0.39 is 10.0 Å². The van der Waals surface area contributed by atoms with Crippen molar-refractivity contribution in [3.05, 3.63) is 0 Å². The van der Waals surface area contributed by atoms with Gasteiger partial charge >= 0.3 is 0 Å². The summed E-state index contributed by atoms with van der Waals surface area (Å²) in [7, 11) is -3.12. The smallest absolute Gasteiger partial charge is 0.212 e. The Kier molecular flexibility index (Phi) is 4.03. The second-order valence-corrected chi connectivity index (χ2v) is 7.28. The van der Waals surface area contributed by atoms with Crippen molar-refractivity contribution in [3.63, 3.8) is 0 Å². The highest BCUT2D eigenvalue weighted by atomic mass is 32.2. The van der Waals surface area contributed by atoms with E-state index in [0.29, 0.717) is 12.0 Å². The second kappa shape index (κ2) is 4.63. The van der Waals surface area contributed by atoms with Crippen LogP contribution in [0.3, 0.4) is 0 Å². The molecule has 0 aliphatic carbocycles. The summed E-state index contributed by atoms with van der Waals surface area (Å²) >= 11 is 0. The summed E-state index contributed by atoms with van der Waals surface area (Å²) in [6.07, 6.45) is 1.31. The maximum atomic E-state index is 11.8. The topological polar surface area (TPSA) is 40.6 Å². The van der Waals surface area contributed by atoms with Gasteiger partial charge in [0.1, 0.15) is 0 Å². The first-order chi connectivity index (χ1) is 7.16. The Morgan fingerprint density at radius 3 is 2.00 bits per heavy atom. The van der Waals surface area contributed by atoms with Gasteiger partial charge < -0.3 is 0 Å². The van der Waals surface area contributed by atoms with Crippen LogP contribution in [0.1, 0.15) is 34.6 Å². The van der Waals surface area contributed by atoms with Crippen LogP contribution in [0.4, 0.5) is 0 Å². The Bertz CT molecular complexity index is 338. The molecule has 1 aliphatic heterocycles. The molecule has 0 spiro atoms. The minimum Gasteiger partial charge on any atom is -0.283 e. The zero-order valence-corrected chi connectivity index (χ0v) is 12.0. The van der Waals surface area contributed by atoms with E-state index in [-0.39, 0.29) is 12.2 Å². The van der Waals surface area contributed by atoms with Crippen LogP contribution in [-0.2, 0) is 10.0 Å². The zero-order chi connectivity index (χ0) is 12.7. The molecule has 1 aliphatic rings. The Labute approximate surface area is 99.7 Å². The SMILES string of the molecule is CC(C)C1N(C(C)C)C[C@H](C)N1S(C)(=O)=O. The fourth-order valence-corrected chi connectivity index (χ4v) is 4.09. The average Bonchev–Trinajstić information content (AvgIpc) is 2.41. The average molecular weight is 248 g/mol. The molecule has 1 heterocycles. The molecule has 0 amide bonds. The molecule has 5 heteroatoms. The summed E-state index contributed by atoms with van der Waals surface area (Å²) in [5.74, 6) is 0.307. The van der Waals surface area contributed by atoms with E-state index in [0.717, 1.165) is 6.54 Å². The molecule has 1 unspecified atom stereocenters. The van der Waals surface area contributed by atoms with E-state index in [4.69, 9.17) is 0 Å². The monoisotopic (exact) mass is 248 g/mol. The zero-order valence-electron chi connectivity index (χ0n) is 11.1. The van der Waals surface area contributed by atoms with Crippen LogP contribution in [0.15, 0.2) is 0 Å². The quantitative estimate of drug-likeness (QED) is 0.757. The molecule has 0 aromatic heterocycles. The van der Waals surface area contributed by atoms with Crippen LogP contribution in [0.5, 0.6) is 0 Å². The highest BCUT2D eigenvalue weighted by Gasteiger charge is 2.44. The predicted octanol–water partition coefficient (Wildman–Crippen LogP) is 1.34. The number of sulfonamides is 1. The summed E-state index contributed by atoms with van der Waals surface area (Å²) in [5.41, 5.74) is 0. The van der Waals surface area contributed by atoms with Gasteiger partial charge in [0.2, 0.25) is 10.0 Å². The molecule has 4 nitrogen and oxygen atoms in total. The van der Waals surface area contributed by atoms with E-state index in [2.05, 4.69) is 32.6 Å². The third-order valence-corrected chi connectivity index (χ3v) is 4.49. The largest absolute Gasteiger partial charge is 0.283 e. The van der Waals surface area contributed by atoms with Crippen LogP contribution in [0, 0.1) is 5.92 Å². The second-order valence-electron chi connectivity index (χ2n) is 5.39. The molecular formula is C11H24N2O2S. The first kappa shape index (κ1) is 13.9. The molecule has 1 rings (SSSR count). The van der Waals surface area contributed by atoms with Crippen LogP contribution in [-0.4, -0.2) is 48.7 Å². The van der Waals surface area contributed by atoms with Crippen LogP contribution in [0.2, 0.25) is 0 Å². The van der Waals surface area contributed by atoms with Crippen LogP contribution >= 0.6 is 0 Å². The number of hydrogen-bond donors (Lipinski definition) is 0. The molecular weight excluding hydrogens is 224 g/mol. The lowest BCUT2D eigenvalue weighted by molar-refractivity contribution is 0.113. The third kappa shape index (κ3) is 2.57. The van der Waals surface area contributed by atoms with Crippen molar-refractivity contribution in [2.24, 2.45) is 5.92 Å². The van der Waals surface area contributed by atoms with E-state index in [1.165, 1.54) is 6.26 Å². The fraction of sp³-hybridized carbons (Fsp3) is 1.00. The summed E-state index contributed by atoms with van der Waals surface area (Å²) in [6, 6.07) is 0.450. The molecule has 0 radical (unpaired) electrons. The first-order valence-electron chi connectivity index (χ1n) is 5.90. The predicted molar refractivity (Wildman–Crippen MR) is 66.6 cm³/mol. The van der Waals surface area contributed by atoms with E-state index >= 15 is 0 Å². The van der Waals surface area contributed by atoms with Gasteiger partial charge in [-0.25, -0.2) is 8.42 Å². The Morgan fingerprint density at radius 1 is 1.19 bits per heavy atom. The molecule has 1 saturated heterocycles. The molecule has 2 atom stereocenters. The number of hydrogen-bond acceptors (Lipinski definition) is 3. The van der Waals surface area contributed by atoms with Gasteiger partial charge in [-0.1, -0.05) is 13.8 Å². The van der Waals surface area contributed by atoms with E-state index in [1.807, 2.05) is 6.92 Å². The van der Waals surface area contributed by atoms with Crippen molar-refractivity contribution < 1.29 is 8.42 Å². The van der Waals surface area contributed by atoms with Crippen molar-refractivity contribution in [3.8, 4) is 0 Å². The summed E-state index contributed by atoms with van der Waals surface area (Å²) in [5, 5.41) is 0. The maximum Gasteiger partial charge on any atom is 0.212 e. The lowest BCUT2D eigenvalue weighted by Crippen LogP contribution is -2.48. The molecule has 96 valence electrons. The Balaban J connectivity index is 3.09. The summed E-state index contributed by atoms with van der Waals surface area (Å²) in [4.78, 5) is 2.27. The van der Waals surface area contributed by atoms with Gasteiger partial charge in [-0.3, -0.25) is 4.90 Å². The van der Waals surface area contributed by atoms with Crippen molar-refractivity contribution in [1.82, 2.24) is 9.21 Å². The molecule has 0 bridgehead atoms. The van der Waals surface area contributed by atoms with E-state index in [1.54, 1.807) is 4.31 Å². The maximum absolute atomic E-state index is 11.8. The van der Waals surface area contributed by atoms with Gasteiger partial charge in [0.05, 0.1) is 12.4 Å². The number of nitrogens with zero attached hydrogens (tertiary/aromatic N) is 2. The Morgan fingerprint density at radius 2 is 1.69 bits per heavy atom. The fourth-order valence-electron chi connectivity index (χ4n) is 2.62. The van der Waals surface area contributed by atoms with Crippen LogP contribution in [0.25, 0.3) is 0 Å². The van der Waals surface area contributed by atoms with Gasteiger partial charge in [-0.2, -0.15) is 4.31 Å². The minimum atomic E-state index is -3.12. The van der Waals surface area contributed by atoms with Crippen molar-refractivity contribution in [2.75, 3.05) is 12.8 Å². The lowest BCUT2D eigenvalue weighted by atomic mass is 10.1. The van der Waals surface area contributed by atoms with Crippen molar-refractivity contribution in [1.29, 1.82) is 0 Å². The van der Waals surface area contributed by atoms with Gasteiger partial charge in [0.25, 0.3) is 0 Å². The third-order valence-electron chi connectivity index (χ3n) is 3.15. The molecule has 0 saturated carbocycles. The molecule has 16 heavy (non-hydrogen) atoms. The summed E-state index contributed by atoms with van der Waals surface area (Å²) < 4.78 is 25.3. The highest BCUT2D eigenvalue weighted by molar-refractivity contribution is 7.88. The van der Waals surface area contributed by atoms with Gasteiger partial charge in [-0.15, -0.1) is 0 Å². The van der Waals surface area contributed by atoms with Crippen molar-refractivity contribution in [2.45, 2.75) is 52.9 Å². The summed E-state index contributed by atoms with van der Waals surface area (Å²) in [6.45, 7) is 11.2. The van der Waals surface area contributed by atoms with E-state index in [9.17, 15) is 8.42 Å². The van der Waals surface area contributed by atoms with Gasteiger partial charge in [0.15, 0.2) is 0 Å². The highest BCUT2D eigenvalue weighted by Crippen LogP contribution is 2.29. The van der Waals surface area contributed by atoms with Gasteiger partial charge in [0, 0.05) is 18.6 Å². The number of rotatable bonds is 3. The molecule has 1 fully saturated rings. The Hall–Kier alpha value is -0.130. The van der Waals surface area contributed by atoms with Gasteiger partial charge in [-0.05, 0) is 26.7 Å². The minimum absolute atomic E-state index is 0.00463. The standard InChI is InChI=1S/C11H24N2O2S/c1-8(2)11-12(9(3)4)7-10(5)13(11)16(6,14)15/h8-11H,7H2,1-6H3/t10-,11?/m0/s1.